The van der Waals surface area contributed by atoms with E-state index in [-0.39, 0.29) is 23.2 Å². The maximum atomic E-state index is 14.4. The van der Waals surface area contributed by atoms with Crippen molar-refractivity contribution in [3.8, 4) is 28.8 Å². The number of hydrogen-bond acceptors (Lipinski definition) is 8. The summed E-state index contributed by atoms with van der Waals surface area (Å²) >= 11 is 0. The molecule has 10 nitrogen and oxygen atoms in total. The molecule has 248 valence electrons. The summed E-state index contributed by atoms with van der Waals surface area (Å²) in [5, 5.41) is 12.1. The summed E-state index contributed by atoms with van der Waals surface area (Å²) in [4.78, 5) is 28.8. The third-order valence-corrected chi connectivity index (χ3v) is 9.24. The van der Waals surface area contributed by atoms with Crippen molar-refractivity contribution in [2.45, 2.75) is 33.6 Å². The molecular weight excluding hydrogens is 616 g/mol. The minimum Gasteiger partial charge on any atom is -0.493 e. The van der Waals surface area contributed by atoms with E-state index in [2.05, 4.69) is 47.3 Å². The Bertz CT molecular complexity index is 2230. The molecule has 1 aliphatic carbocycles. The number of nitrogens with one attached hydrogen (secondary N) is 2. The van der Waals surface area contributed by atoms with Crippen molar-refractivity contribution in [3.05, 3.63) is 95.2 Å². The SMILES string of the molecule is COc1cc(/C=C2/CC(C(C)(C)C)Cc3c2nc2ccccc2c3C(=O)Nc2nc(-c3ccc4ccccc4n3)n[nH]2)cc(OC)c1OC. The smallest absolute Gasteiger partial charge is 0.259 e. The zero-order chi connectivity index (χ0) is 34.3. The molecular formula is C39H38N6O4. The van der Waals surface area contributed by atoms with E-state index < -0.39 is 0 Å². The summed E-state index contributed by atoms with van der Waals surface area (Å²) in [7, 11) is 4.80. The van der Waals surface area contributed by atoms with E-state index in [0.29, 0.717) is 40.8 Å². The third-order valence-electron chi connectivity index (χ3n) is 9.24. The van der Waals surface area contributed by atoms with Crippen LogP contribution < -0.4 is 19.5 Å². The third kappa shape index (κ3) is 6.06. The number of methoxy groups -OCH3 is 3. The number of carbonyl (C=O) groups is 1. The van der Waals surface area contributed by atoms with Crippen molar-refractivity contribution in [2.24, 2.45) is 11.3 Å². The Kier molecular flexibility index (Phi) is 8.23. The van der Waals surface area contributed by atoms with E-state index in [1.54, 1.807) is 21.3 Å². The van der Waals surface area contributed by atoms with E-state index in [0.717, 1.165) is 50.6 Å². The van der Waals surface area contributed by atoms with Gasteiger partial charge in [-0.1, -0.05) is 63.2 Å². The summed E-state index contributed by atoms with van der Waals surface area (Å²) in [5.41, 5.74) is 6.32. The predicted octanol–water partition coefficient (Wildman–Crippen LogP) is 8.00. The quantitative estimate of drug-likeness (QED) is 0.178. The standard InChI is InChI=1S/C39H38N6O4/c1-39(2,3)25-20-24(17-22-18-31(47-4)35(49-6)32(19-22)48-5)34-27(21-25)33(26-12-8-10-14-29(26)41-34)37(46)43-38-42-36(44-45-38)30-16-15-23-11-7-9-13-28(23)40-30/h7-19,25H,20-21H2,1-6H3,(H2,42,43,44,45,46)/b24-17-. The fraction of sp³-hybridized carbons (Fsp3) is 0.256. The highest BCUT2D eigenvalue weighted by Crippen LogP contribution is 2.46. The van der Waals surface area contributed by atoms with Crippen molar-refractivity contribution in [1.82, 2.24) is 25.1 Å². The molecule has 0 bridgehead atoms. The Morgan fingerprint density at radius 1 is 0.857 bits per heavy atom. The van der Waals surface area contributed by atoms with Gasteiger partial charge in [0.1, 0.15) is 5.69 Å². The maximum Gasteiger partial charge on any atom is 0.259 e. The largest absolute Gasteiger partial charge is 0.493 e. The number of rotatable bonds is 7. The number of pyridine rings is 2. The normalized spacial score (nSPS) is 15.3. The van der Waals surface area contributed by atoms with Crippen LogP contribution in [0.25, 0.3) is 45.0 Å². The second-order valence-electron chi connectivity index (χ2n) is 13.3. The highest BCUT2D eigenvalue weighted by atomic mass is 16.5. The van der Waals surface area contributed by atoms with Crippen molar-refractivity contribution >= 4 is 45.3 Å². The van der Waals surface area contributed by atoms with Crippen LogP contribution in [0, 0.1) is 11.3 Å². The number of aromatic nitrogens is 5. The van der Waals surface area contributed by atoms with Gasteiger partial charge >= 0.3 is 0 Å². The number of carbonyl (C=O) groups excluding carboxylic acids is 1. The van der Waals surface area contributed by atoms with Crippen LogP contribution in [0.5, 0.6) is 17.2 Å². The summed E-state index contributed by atoms with van der Waals surface area (Å²) in [6.07, 6.45) is 3.59. The summed E-state index contributed by atoms with van der Waals surface area (Å²) in [5.74, 6) is 2.23. The van der Waals surface area contributed by atoms with Crippen LogP contribution in [-0.4, -0.2) is 52.4 Å². The highest BCUT2D eigenvalue weighted by Gasteiger charge is 2.35. The number of allylic oxidation sites excluding steroid dienone is 1. The molecule has 1 unspecified atom stereocenters. The van der Waals surface area contributed by atoms with Gasteiger partial charge in [-0.05, 0) is 77.3 Å². The molecule has 3 aromatic carbocycles. The molecule has 2 N–H and O–H groups in total. The van der Waals surface area contributed by atoms with Crippen LogP contribution in [0.15, 0.2) is 72.8 Å². The molecule has 0 fully saturated rings. The van der Waals surface area contributed by atoms with Gasteiger partial charge in [-0.25, -0.2) is 15.1 Å². The average molecular weight is 655 g/mol. The van der Waals surface area contributed by atoms with Crippen LogP contribution in [-0.2, 0) is 6.42 Å². The number of ether oxygens (including phenoxy) is 3. The Labute approximate surface area is 284 Å². The lowest BCUT2D eigenvalue weighted by atomic mass is 9.69. The molecule has 1 amide bonds. The second-order valence-corrected chi connectivity index (χ2v) is 13.3. The number of amides is 1. The number of aromatic amines is 1. The first-order valence-electron chi connectivity index (χ1n) is 16.2. The van der Waals surface area contributed by atoms with Crippen LogP contribution in [0.1, 0.15) is 54.4 Å². The summed E-state index contributed by atoms with van der Waals surface area (Å²) < 4.78 is 16.9. The molecule has 1 atom stereocenters. The van der Waals surface area contributed by atoms with Crippen molar-refractivity contribution in [2.75, 3.05) is 26.6 Å². The molecule has 7 rings (SSSR count). The fourth-order valence-corrected chi connectivity index (χ4v) is 6.57. The van der Waals surface area contributed by atoms with Crippen molar-refractivity contribution in [1.29, 1.82) is 0 Å². The van der Waals surface area contributed by atoms with Crippen LogP contribution >= 0.6 is 0 Å². The van der Waals surface area contributed by atoms with E-state index in [1.807, 2.05) is 72.8 Å². The minimum absolute atomic E-state index is 0.0435. The van der Waals surface area contributed by atoms with Crippen molar-refractivity contribution in [3.63, 3.8) is 0 Å². The van der Waals surface area contributed by atoms with Gasteiger partial charge in [0, 0.05) is 10.8 Å². The van der Waals surface area contributed by atoms with E-state index >= 15 is 0 Å². The lowest BCUT2D eigenvalue weighted by Gasteiger charge is -2.37. The predicted molar refractivity (Wildman–Crippen MR) is 192 cm³/mol. The Morgan fingerprint density at radius 3 is 2.29 bits per heavy atom. The number of para-hydroxylation sites is 2. The average Bonchev–Trinajstić information content (AvgIpc) is 3.57. The number of fused-ring (bicyclic) bond motifs is 3. The van der Waals surface area contributed by atoms with Gasteiger partial charge in [-0.2, -0.15) is 10.1 Å². The highest BCUT2D eigenvalue weighted by molar-refractivity contribution is 6.14. The van der Waals surface area contributed by atoms with Gasteiger partial charge in [-0.3, -0.25) is 10.1 Å². The van der Waals surface area contributed by atoms with Crippen LogP contribution in [0.2, 0.25) is 0 Å². The molecule has 0 radical (unpaired) electrons. The first-order valence-corrected chi connectivity index (χ1v) is 16.2. The molecule has 0 spiro atoms. The maximum absolute atomic E-state index is 14.4. The van der Waals surface area contributed by atoms with E-state index in [4.69, 9.17) is 24.2 Å². The second kappa shape index (κ2) is 12.7. The lowest BCUT2D eigenvalue weighted by Crippen LogP contribution is -2.29. The molecule has 0 saturated carbocycles. The molecule has 0 aliphatic heterocycles. The molecule has 1 aliphatic rings. The first kappa shape index (κ1) is 31.8. The van der Waals surface area contributed by atoms with Crippen LogP contribution in [0.3, 0.4) is 0 Å². The number of nitrogens with zero attached hydrogens (tertiary/aromatic N) is 4. The zero-order valence-corrected chi connectivity index (χ0v) is 28.4. The van der Waals surface area contributed by atoms with E-state index in [1.165, 1.54) is 0 Å². The monoisotopic (exact) mass is 654 g/mol. The molecule has 3 aromatic heterocycles. The molecule has 0 saturated heterocycles. The Hall–Kier alpha value is -5.77. The summed E-state index contributed by atoms with van der Waals surface area (Å²) in [6.45, 7) is 6.72. The zero-order valence-electron chi connectivity index (χ0n) is 28.4. The van der Waals surface area contributed by atoms with Crippen molar-refractivity contribution < 1.29 is 19.0 Å². The van der Waals surface area contributed by atoms with E-state index in [9.17, 15) is 4.79 Å². The van der Waals surface area contributed by atoms with Gasteiger partial charge < -0.3 is 14.2 Å². The van der Waals surface area contributed by atoms with Gasteiger partial charge in [0.05, 0.1) is 43.6 Å². The Morgan fingerprint density at radius 2 is 1.57 bits per heavy atom. The number of benzene rings is 3. The van der Waals surface area contributed by atoms with Gasteiger partial charge in [-0.15, -0.1) is 0 Å². The van der Waals surface area contributed by atoms with Gasteiger partial charge in [0.15, 0.2) is 11.5 Å². The fourth-order valence-electron chi connectivity index (χ4n) is 6.57. The number of hydrogen-bond donors (Lipinski definition) is 2. The molecule has 6 aromatic rings. The minimum atomic E-state index is -0.286. The summed E-state index contributed by atoms with van der Waals surface area (Å²) in [6, 6.07) is 23.3. The van der Waals surface area contributed by atoms with Gasteiger partial charge in [0.2, 0.25) is 17.5 Å². The first-order chi connectivity index (χ1) is 23.7. The lowest BCUT2D eigenvalue weighted by molar-refractivity contribution is 0.102. The van der Waals surface area contributed by atoms with Crippen LogP contribution in [0.4, 0.5) is 5.95 Å². The van der Waals surface area contributed by atoms with Gasteiger partial charge in [0.25, 0.3) is 5.91 Å². The molecule has 3 heterocycles. The number of H-pyrrole nitrogens is 1. The topological polar surface area (TPSA) is 124 Å². The number of anilines is 1. The molecule has 10 heteroatoms. The Balaban J connectivity index is 1.32. The molecule has 49 heavy (non-hydrogen) atoms.